The van der Waals surface area contributed by atoms with Gasteiger partial charge in [-0.05, 0) is 18.1 Å². The molecule has 0 unspecified atom stereocenters. The third kappa shape index (κ3) is 7.85. The molecule has 0 aliphatic carbocycles. The lowest BCUT2D eigenvalue weighted by atomic mass is 10.0. The monoisotopic (exact) mass is 501 g/mol. The van der Waals surface area contributed by atoms with E-state index in [1.807, 2.05) is 11.0 Å². The van der Waals surface area contributed by atoms with Gasteiger partial charge >= 0.3 is 0 Å². The molecular formula is C21H36IN5O. The normalized spacial score (nSPS) is 14.6. The maximum absolute atomic E-state index is 12.5. The number of halogens is 1. The van der Waals surface area contributed by atoms with E-state index < -0.39 is 0 Å². The van der Waals surface area contributed by atoms with Crippen LogP contribution in [0, 0.1) is 5.92 Å². The van der Waals surface area contributed by atoms with Crippen molar-refractivity contribution in [1.29, 1.82) is 0 Å². The van der Waals surface area contributed by atoms with Crippen molar-refractivity contribution in [3.8, 4) is 0 Å². The average molecular weight is 501 g/mol. The van der Waals surface area contributed by atoms with Crippen molar-refractivity contribution in [2.24, 2.45) is 10.9 Å². The van der Waals surface area contributed by atoms with Gasteiger partial charge in [-0.2, -0.15) is 0 Å². The summed E-state index contributed by atoms with van der Waals surface area (Å²) in [6.45, 7) is 9.31. The number of hydrogen-bond acceptors (Lipinski definition) is 3. The summed E-state index contributed by atoms with van der Waals surface area (Å²) in [5, 5.41) is 6.61. The molecule has 1 aromatic carbocycles. The highest BCUT2D eigenvalue weighted by Gasteiger charge is 2.20. The van der Waals surface area contributed by atoms with Crippen LogP contribution in [0.3, 0.4) is 0 Å². The van der Waals surface area contributed by atoms with E-state index in [-0.39, 0.29) is 29.9 Å². The van der Waals surface area contributed by atoms with Gasteiger partial charge in [-0.15, -0.1) is 24.0 Å². The maximum atomic E-state index is 12.5. The summed E-state index contributed by atoms with van der Waals surface area (Å²) in [4.78, 5) is 21.0. The van der Waals surface area contributed by atoms with Gasteiger partial charge < -0.3 is 20.4 Å². The number of guanidine groups is 1. The molecule has 158 valence electrons. The van der Waals surface area contributed by atoms with Crippen LogP contribution in [-0.2, 0) is 4.79 Å². The third-order valence-corrected chi connectivity index (χ3v) is 5.32. The summed E-state index contributed by atoms with van der Waals surface area (Å²) in [5.41, 5.74) is 1.23. The lowest BCUT2D eigenvalue weighted by Gasteiger charge is -2.36. The van der Waals surface area contributed by atoms with Crippen molar-refractivity contribution in [2.75, 3.05) is 51.2 Å². The summed E-state index contributed by atoms with van der Waals surface area (Å²) in [6, 6.07) is 10.4. The van der Waals surface area contributed by atoms with Crippen molar-refractivity contribution in [3.05, 3.63) is 30.3 Å². The van der Waals surface area contributed by atoms with E-state index in [2.05, 4.69) is 58.6 Å². The Labute approximate surface area is 187 Å². The van der Waals surface area contributed by atoms with Gasteiger partial charge in [-0.3, -0.25) is 9.79 Å². The molecule has 0 radical (unpaired) electrons. The van der Waals surface area contributed by atoms with Gasteiger partial charge in [0.05, 0.1) is 0 Å². The number of piperazine rings is 1. The first-order chi connectivity index (χ1) is 13.2. The van der Waals surface area contributed by atoms with Crippen molar-refractivity contribution in [3.63, 3.8) is 0 Å². The van der Waals surface area contributed by atoms with Gasteiger partial charge in [0, 0.05) is 58.4 Å². The molecule has 0 spiro atoms. The van der Waals surface area contributed by atoms with Gasteiger partial charge in [0.2, 0.25) is 5.91 Å². The molecule has 2 rings (SSSR count). The average Bonchev–Trinajstić information content (AvgIpc) is 2.73. The largest absolute Gasteiger partial charge is 0.368 e. The quantitative estimate of drug-likeness (QED) is 0.327. The molecule has 1 saturated heterocycles. The molecule has 0 aromatic heterocycles. The smallest absolute Gasteiger partial charge is 0.224 e. The Morgan fingerprint density at radius 1 is 1.07 bits per heavy atom. The zero-order chi connectivity index (χ0) is 19.5. The van der Waals surface area contributed by atoms with Crippen LogP contribution in [0.15, 0.2) is 35.3 Å². The number of aliphatic imine (C=N–C) groups is 1. The van der Waals surface area contributed by atoms with Gasteiger partial charge in [0.25, 0.3) is 0 Å². The van der Waals surface area contributed by atoms with E-state index in [4.69, 9.17) is 0 Å². The van der Waals surface area contributed by atoms with Crippen molar-refractivity contribution in [1.82, 2.24) is 15.5 Å². The SMILES string of the molecule is CCC(CC)CNC(=NC)NCCC(=O)N1CCN(c2ccccc2)CC1.I. The summed E-state index contributed by atoms with van der Waals surface area (Å²) in [7, 11) is 1.77. The summed E-state index contributed by atoms with van der Waals surface area (Å²) >= 11 is 0. The number of carbonyl (C=O) groups is 1. The van der Waals surface area contributed by atoms with E-state index in [1.54, 1.807) is 7.05 Å². The molecule has 1 heterocycles. The van der Waals surface area contributed by atoms with Crippen LogP contribution in [0.2, 0.25) is 0 Å². The number of benzene rings is 1. The molecule has 0 bridgehead atoms. The predicted octanol–water partition coefficient (Wildman–Crippen LogP) is 2.94. The van der Waals surface area contributed by atoms with Crippen LogP contribution in [-0.4, -0.2) is 63.1 Å². The molecule has 2 N–H and O–H groups in total. The molecule has 1 aliphatic heterocycles. The van der Waals surface area contributed by atoms with E-state index in [0.29, 0.717) is 18.9 Å². The second-order valence-electron chi connectivity index (χ2n) is 7.02. The fraction of sp³-hybridized carbons (Fsp3) is 0.619. The van der Waals surface area contributed by atoms with Crippen molar-refractivity contribution >= 4 is 41.5 Å². The molecular weight excluding hydrogens is 465 g/mol. The van der Waals surface area contributed by atoms with Gasteiger partial charge in [0.15, 0.2) is 5.96 Å². The first-order valence-electron chi connectivity index (χ1n) is 10.2. The van der Waals surface area contributed by atoms with Crippen LogP contribution in [0.1, 0.15) is 33.1 Å². The van der Waals surface area contributed by atoms with Gasteiger partial charge in [0.1, 0.15) is 0 Å². The van der Waals surface area contributed by atoms with E-state index in [1.165, 1.54) is 5.69 Å². The molecule has 6 nitrogen and oxygen atoms in total. The van der Waals surface area contributed by atoms with Crippen LogP contribution in [0.4, 0.5) is 5.69 Å². The fourth-order valence-electron chi connectivity index (χ4n) is 3.34. The molecule has 1 amide bonds. The highest BCUT2D eigenvalue weighted by Crippen LogP contribution is 2.15. The van der Waals surface area contributed by atoms with E-state index >= 15 is 0 Å². The fourth-order valence-corrected chi connectivity index (χ4v) is 3.34. The zero-order valence-corrected chi connectivity index (χ0v) is 19.8. The highest BCUT2D eigenvalue weighted by molar-refractivity contribution is 14.0. The molecule has 0 atom stereocenters. The minimum atomic E-state index is 0. The summed E-state index contributed by atoms with van der Waals surface area (Å²) < 4.78 is 0. The third-order valence-electron chi connectivity index (χ3n) is 5.32. The molecule has 1 aromatic rings. The number of para-hydroxylation sites is 1. The van der Waals surface area contributed by atoms with Crippen LogP contribution < -0.4 is 15.5 Å². The Hall–Kier alpha value is -1.51. The Morgan fingerprint density at radius 3 is 2.29 bits per heavy atom. The Kier molecular flexibility index (Phi) is 11.9. The topological polar surface area (TPSA) is 60.0 Å². The number of nitrogens with zero attached hydrogens (tertiary/aromatic N) is 3. The van der Waals surface area contributed by atoms with Crippen molar-refractivity contribution < 1.29 is 4.79 Å². The second kappa shape index (κ2) is 13.6. The summed E-state index contributed by atoms with van der Waals surface area (Å²) in [6.07, 6.45) is 2.82. The minimum absolute atomic E-state index is 0. The van der Waals surface area contributed by atoms with E-state index in [0.717, 1.165) is 51.5 Å². The number of anilines is 1. The van der Waals surface area contributed by atoms with E-state index in [9.17, 15) is 4.79 Å². The molecule has 7 heteroatoms. The van der Waals surface area contributed by atoms with Gasteiger partial charge in [-0.25, -0.2) is 0 Å². The Balaban J connectivity index is 0.00000392. The number of nitrogens with one attached hydrogen (secondary N) is 2. The highest BCUT2D eigenvalue weighted by atomic mass is 127. The second-order valence-corrected chi connectivity index (χ2v) is 7.02. The first kappa shape index (κ1) is 24.5. The molecule has 28 heavy (non-hydrogen) atoms. The lowest BCUT2D eigenvalue weighted by Crippen LogP contribution is -2.49. The first-order valence-corrected chi connectivity index (χ1v) is 10.2. The number of amides is 1. The summed E-state index contributed by atoms with van der Waals surface area (Å²) in [5.74, 6) is 1.65. The molecule has 0 saturated carbocycles. The minimum Gasteiger partial charge on any atom is -0.368 e. The predicted molar refractivity (Wildman–Crippen MR) is 129 cm³/mol. The molecule has 1 aliphatic rings. The standard InChI is InChI=1S/C21H35N5O.HI/c1-4-18(5-2)17-24-21(22-3)23-12-11-20(27)26-15-13-25(14-16-26)19-9-7-6-8-10-19;/h6-10,18H,4-5,11-17H2,1-3H3,(H2,22,23,24);1H. The lowest BCUT2D eigenvalue weighted by molar-refractivity contribution is -0.131. The zero-order valence-electron chi connectivity index (χ0n) is 17.5. The Bertz CT molecular complexity index is 584. The molecule has 1 fully saturated rings. The number of hydrogen-bond donors (Lipinski definition) is 2. The van der Waals surface area contributed by atoms with Crippen LogP contribution in [0.25, 0.3) is 0 Å². The Morgan fingerprint density at radius 2 is 1.71 bits per heavy atom. The van der Waals surface area contributed by atoms with Crippen LogP contribution >= 0.6 is 24.0 Å². The van der Waals surface area contributed by atoms with Crippen LogP contribution in [0.5, 0.6) is 0 Å². The number of carbonyl (C=O) groups excluding carboxylic acids is 1. The maximum Gasteiger partial charge on any atom is 0.224 e. The number of rotatable bonds is 8. The van der Waals surface area contributed by atoms with Gasteiger partial charge in [-0.1, -0.05) is 44.9 Å². The van der Waals surface area contributed by atoms with Crippen molar-refractivity contribution in [2.45, 2.75) is 33.1 Å².